The van der Waals surface area contributed by atoms with Crippen molar-refractivity contribution >= 4 is 23.8 Å². The van der Waals surface area contributed by atoms with E-state index in [4.69, 9.17) is 5.11 Å². The van der Waals surface area contributed by atoms with Gasteiger partial charge >= 0.3 is 12.0 Å². The topological polar surface area (TPSA) is 69.6 Å². The highest BCUT2D eigenvalue weighted by molar-refractivity contribution is 7.99. The monoisotopic (exact) mass is 258 g/mol. The average molecular weight is 258 g/mol. The third-order valence-electron chi connectivity index (χ3n) is 3.49. The Kier molecular flexibility index (Phi) is 3.25. The molecule has 17 heavy (non-hydrogen) atoms. The summed E-state index contributed by atoms with van der Waals surface area (Å²) in [6.07, 6.45) is 0.971. The first-order valence-corrected chi connectivity index (χ1v) is 6.95. The van der Waals surface area contributed by atoms with Gasteiger partial charge in [0.15, 0.2) is 0 Å². The zero-order chi connectivity index (χ0) is 12.6. The fourth-order valence-corrected chi connectivity index (χ4v) is 3.04. The van der Waals surface area contributed by atoms with Gasteiger partial charge in [0.1, 0.15) is 6.04 Å². The molecule has 1 saturated heterocycles. The van der Waals surface area contributed by atoms with Crippen LogP contribution in [0.2, 0.25) is 0 Å². The van der Waals surface area contributed by atoms with Crippen molar-refractivity contribution in [1.29, 1.82) is 0 Å². The molecule has 2 rings (SSSR count). The van der Waals surface area contributed by atoms with E-state index in [0.29, 0.717) is 12.3 Å². The van der Waals surface area contributed by atoms with Crippen molar-refractivity contribution in [3.63, 3.8) is 0 Å². The van der Waals surface area contributed by atoms with Crippen molar-refractivity contribution in [1.82, 2.24) is 10.2 Å². The highest BCUT2D eigenvalue weighted by Gasteiger charge is 2.47. The van der Waals surface area contributed by atoms with Crippen LogP contribution >= 0.6 is 11.8 Å². The minimum absolute atomic E-state index is 0.166. The second-order valence-electron chi connectivity index (χ2n) is 5.32. The Balaban J connectivity index is 1.95. The fraction of sp³-hybridized carbons (Fsp3) is 0.818. The molecule has 2 amide bonds. The summed E-state index contributed by atoms with van der Waals surface area (Å²) in [6, 6.07) is -0.720. The van der Waals surface area contributed by atoms with Gasteiger partial charge in [-0.25, -0.2) is 9.59 Å². The highest BCUT2D eigenvalue weighted by atomic mass is 32.2. The second-order valence-corrected chi connectivity index (χ2v) is 6.47. The van der Waals surface area contributed by atoms with E-state index in [1.807, 2.05) is 0 Å². The largest absolute Gasteiger partial charge is 0.480 e. The standard InChI is InChI=1S/C11H18N2O3S/c1-11(2)5-8(11)12-10(16)13-3-4-17-6-7(13)9(14)15/h7-8H,3-6H2,1-2H3,(H,12,16)(H,14,15). The minimum Gasteiger partial charge on any atom is -0.480 e. The zero-order valence-corrected chi connectivity index (χ0v) is 10.9. The number of amides is 2. The molecule has 1 saturated carbocycles. The molecule has 2 fully saturated rings. The molecule has 96 valence electrons. The molecule has 0 aromatic rings. The van der Waals surface area contributed by atoms with Gasteiger partial charge in [-0.15, -0.1) is 0 Å². The van der Waals surface area contributed by atoms with Crippen molar-refractivity contribution in [2.45, 2.75) is 32.4 Å². The van der Waals surface area contributed by atoms with E-state index < -0.39 is 12.0 Å². The molecule has 1 aliphatic heterocycles. The third kappa shape index (κ3) is 2.68. The maximum atomic E-state index is 12.0. The molecule has 0 bridgehead atoms. The van der Waals surface area contributed by atoms with Gasteiger partial charge in [-0.3, -0.25) is 0 Å². The summed E-state index contributed by atoms with van der Waals surface area (Å²) in [5, 5.41) is 12.0. The lowest BCUT2D eigenvalue weighted by Crippen LogP contribution is -2.54. The van der Waals surface area contributed by atoms with E-state index in [1.54, 1.807) is 11.8 Å². The molecule has 2 atom stereocenters. The van der Waals surface area contributed by atoms with E-state index in [-0.39, 0.29) is 17.5 Å². The summed E-state index contributed by atoms with van der Waals surface area (Å²) in [7, 11) is 0. The number of thioether (sulfide) groups is 1. The molecular formula is C11H18N2O3S. The smallest absolute Gasteiger partial charge is 0.327 e. The zero-order valence-electron chi connectivity index (χ0n) is 10.1. The summed E-state index contributed by atoms with van der Waals surface area (Å²) in [6.45, 7) is 4.71. The number of nitrogens with one attached hydrogen (secondary N) is 1. The fourth-order valence-electron chi connectivity index (χ4n) is 2.00. The van der Waals surface area contributed by atoms with Crippen LogP contribution < -0.4 is 5.32 Å². The SMILES string of the molecule is CC1(C)CC1NC(=O)N1CCSCC1C(=O)O. The van der Waals surface area contributed by atoms with E-state index >= 15 is 0 Å². The summed E-state index contributed by atoms with van der Waals surface area (Å²) in [5.74, 6) is 0.379. The van der Waals surface area contributed by atoms with Crippen molar-refractivity contribution in [3.8, 4) is 0 Å². The molecular weight excluding hydrogens is 240 g/mol. The highest BCUT2D eigenvalue weighted by Crippen LogP contribution is 2.44. The van der Waals surface area contributed by atoms with E-state index in [1.165, 1.54) is 4.90 Å². The lowest BCUT2D eigenvalue weighted by Gasteiger charge is -2.32. The number of carboxylic acid groups (broad SMARTS) is 1. The van der Waals surface area contributed by atoms with Gasteiger partial charge in [0.05, 0.1) is 0 Å². The number of rotatable bonds is 2. The van der Waals surface area contributed by atoms with Gasteiger partial charge in [-0.05, 0) is 11.8 Å². The van der Waals surface area contributed by atoms with E-state index in [2.05, 4.69) is 19.2 Å². The predicted molar refractivity (Wildman–Crippen MR) is 66.2 cm³/mol. The van der Waals surface area contributed by atoms with E-state index in [9.17, 15) is 9.59 Å². The molecule has 2 N–H and O–H groups in total. The van der Waals surface area contributed by atoms with Crippen LogP contribution in [0.25, 0.3) is 0 Å². The third-order valence-corrected chi connectivity index (χ3v) is 4.51. The van der Waals surface area contributed by atoms with Crippen LogP contribution in [0, 0.1) is 5.41 Å². The normalized spacial score (nSPS) is 30.8. The van der Waals surface area contributed by atoms with E-state index in [0.717, 1.165) is 12.2 Å². The average Bonchev–Trinajstić information content (AvgIpc) is 2.85. The molecule has 6 heteroatoms. The molecule has 5 nitrogen and oxygen atoms in total. The number of nitrogens with zero attached hydrogens (tertiary/aromatic N) is 1. The van der Waals surface area contributed by atoms with Gasteiger partial charge in [0.25, 0.3) is 0 Å². The quantitative estimate of drug-likeness (QED) is 0.775. The number of hydrogen-bond acceptors (Lipinski definition) is 3. The Morgan fingerprint density at radius 2 is 2.12 bits per heavy atom. The Labute approximate surface area is 105 Å². The summed E-state index contributed by atoms with van der Waals surface area (Å²) in [5.41, 5.74) is 0.166. The Morgan fingerprint density at radius 1 is 1.47 bits per heavy atom. The van der Waals surface area contributed by atoms with Crippen molar-refractivity contribution < 1.29 is 14.7 Å². The van der Waals surface area contributed by atoms with Crippen molar-refractivity contribution in [2.24, 2.45) is 5.41 Å². The number of carboxylic acids is 1. The van der Waals surface area contributed by atoms with Crippen LogP contribution in [0.5, 0.6) is 0 Å². The summed E-state index contributed by atoms with van der Waals surface area (Å²) >= 11 is 1.58. The first kappa shape index (κ1) is 12.5. The van der Waals surface area contributed by atoms with Crippen LogP contribution in [0.15, 0.2) is 0 Å². The number of aliphatic carboxylic acids is 1. The summed E-state index contributed by atoms with van der Waals surface area (Å²) in [4.78, 5) is 24.5. The molecule has 2 unspecified atom stereocenters. The van der Waals surface area contributed by atoms with Crippen LogP contribution in [0.3, 0.4) is 0 Å². The first-order valence-electron chi connectivity index (χ1n) is 5.79. The van der Waals surface area contributed by atoms with Crippen molar-refractivity contribution in [2.75, 3.05) is 18.1 Å². The number of urea groups is 1. The Morgan fingerprint density at radius 3 is 2.65 bits per heavy atom. The maximum Gasteiger partial charge on any atom is 0.327 e. The number of carbonyl (C=O) groups is 2. The van der Waals surface area contributed by atoms with Gasteiger partial charge in [-0.2, -0.15) is 11.8 Å². The molecule has 1 aliphatic carbocycles. The van der Waals surface area contributed by atoms with Crippen molar-refractivity contribution in [3.05, 3.63) is 0 Å². The lowest BCUT2D eigenvalue weighted by molar-refractivity contribution is -0.141. The van der Waals surface area contributed by atoms with Gasteiger partial charge < -0.3 is 15.3 Å². The summed E-state index contributed by atoms with van der Waals surface area (Å²) < 4.78 is 0. The number of carbonyl (C=O) groups excluding carboxylic acids is 1. The number of hydrogen-bond donors (Lipinski definition) is 2. The molecule has 0 aromatic heterocycles. The van der Waals surface area contributed by atoms with Crippen LogP contribution in [0.4, 0.5) is 4.79 Å². The molecule has 1 heterocycles. The van der Waals surface area contributed by atoms with Crippen LogP contribution in [-0.2, 0) is 4.79 Å². The molecule has 2 aliphatic rings. The maximum absolute atomic E-state index is 12.0. The Bertz CT molecular complexity index is 346. The van der Waals surface area contributed by atoms with Gasteiger partial charge in [-0.1, -0.05) is 13.8 Å². The first-order chi connectivity index (χ1) is 7.92. The van der Waals surface area contributed by atoms with Gasteiger partial charge in [0, 0.05) is 24.1 Å². The minimum atomic E-state index is -0.914. The molecule has 0 radical (unpaired) electrons. The van der Waals surface area contributed by atoms with Crippen LogP contribution in [0.1, 0.15) is 20.3 Å². The lowest BCUT2D eigenvalue weighted by atomic mass is 10.2. The van der Waals surface area contributed by atoms with Gasteiger partial charge in [0.2, 0.25) is 0 Å². The predicted octanol–water partition coefficient (Wildman–Crippen LogP) is 0.997. The molecule has 0 aromatic carbocycles. The molecule has 0 spiro atoms. The Hall–Kier alpha value is -0.910. The van der Waals surface area contributed by atoms with Crippen LogP contribution in [-0.4, -0.2) is 52.1 Å². The second kappa shape index (κ2) is 4.40.